The molecule has 30 heavy (non-hydrogen) atoms. The molecule has 1 fully saturated rings. The fourth-order valence-corrected chi connectivity index (χ4v) is 3.80. The predicted molar refractivity (Wildman–Crippen MR) is 114 cm³/mol. The first-order chi connectivity index (χ1) is 14.6. The molecule has 1 saturated heterocycles. The summed E-state index contributed by atoms with van der Waals surface area (Å²) in [6, 6.07) is 14.7. The van der Waals surface area contributed by atoms with Gasteiger partial charge in [-0.3, -0.25) is 19.3 Å². The van der Waals surface area contributed by atoms with E-state index in [0.717, 1.165) is 27.8 Å². The number of amides is 3. The van der Waals surface area contributed by atoms with Crippen molar-refractivity contribution >= 4 is 41.0 Å². The summed E-state index contributed by atoms with van der Waals surface area (Å²) in [6.45, 7) is 0.447. The highest BCUT2D eigenvalue weighted by Gasteiger charge is 2.34. The lowest BCUT2D eigenvalue weighted by Crippen LogP contribution is -2.36. The molecule has 2 aliphatic heterocycles. The topological polar surface area (TPSA) is 84.9 Å². The Hall–Kier alpha value is -3.52. The van der Waals surface area contributed by atoms with Crippen molar-refractivity contribution in [1.82, 2.24) is 10.2 Å². The van der Waals surface area contributed by atoms with E-state index in [1.807, 2.05) is 30.3 Å². The van der Waals surface area contributed by atoms with E-state index in [9.17, 15) is 14.4 Å². The zero-order valence-corrected chi connectivity index (χ0v) is 16.7. The molecule has 3 amide bonds. The van der Waals surface area contributed by atoms with Crippen molar-refractivity contribution in [2.45, 2.75) is 0 Å². The molecular weight excluding hydrogens is 404 g/mol. The summed E-state index contributed by atoms with van der Waals surface area (Å²) < 4.78 is 10.6. The van der Waals surface area contributed by atoms with Gasteiger partial charge in [-0.2, -0.15) is 0 Å². The zero-order chi connectivity index (χ0) is 20.9. The predicted octanol–water partition coefficient (Wildman–Crippen LogP) is 3.28. The summed E-state index contributed by atoms with van der Waals surface area (Å²) in [5.74, 6) is 0.588. The second kappa shape index (κ2) is 8.87. The number of nitrogens with zero attached hydrogens (tertiary/aromatic N) is 1. The molecule has 0 spiro atoms. The maximum atomic E-state index is 12.6. The van der Waals surface area contributed by atoms with Crippen LogP contribution in [0.5, 0.6) is 11.5 Å². The summed E-state index contributed by atoms with van der Waals surface area (Å²) in [5.41, 5.74) is 1.65. The molecule has 7 nitrogen and oxygen atoms in total. The van der Waals surface area contributed by atoms with Crippen LogP contribution in [0.3, 0.4) is 0 Å². The average Bonchev–Trinajstić information content (AvgIpc) is 3.32. The molecule has 0 aromatic heterocycles. The quantitative estimate of drug-likeness (QED) is 0.720. The Balaban J connectivity index is 1.32. The molecule has 0 atom stereocenters. The van der Waals surface area contributed by atoms with Crippen LogP contribution in [0.2, 0.25) is 0 Å². The number of imide groups is 1. The van der Waals surface area contributed by atoms with E-state index in [1.165, 1.54) is 6.08 Å². The summed E-state index contributed by atoms with van der Waals surface area (Å²) in [7, 11) is 0. The van der Waals surface area contributed by atoms with Gasteiger partial charge < -0.3 is 14.8 Å². The molecule has 2 aliphatic rings. The molecule has 0 bridgehead atoms. The second-order valence-corrected chi connectivity index (χ2v) is 7.47. The number of nitrogens with one attached hydrogen (secondary N) is 1. The summed E-state index contributed by atoms with van der Waals surface area (Å²) in [5, 5.41) is 2.32. The highest BCUT2D eigenvalue weighted by atomic mass is 32.2. The lowest BCUT2D eigenvalue weighted by molar-refractivity contribution is -0.123. The van der Waals surface area contributed by atoms with Gasteiger partial charge in [0.2, 0.25) is 12.7 Å². The van der Waals surface area contributed by atoms with Gasteiger partial charge in [0.25, 0.3) is 11.1 Å². The largest absolute Gasteiger partial charge is 0.454 e. The van der Waals surface area contributed by atoms with Crippen LogP contribution in [0.4, 0.5) is 4.79 Å². The maximum absolute atomic E-state index is 12.6. The number of rotatable bonds is 6. The van der Waals surface area contributed by atoms with Crippen LogP contribution in [0, 0.1) is 0 Å². The summed E-state index contributed by atoms with van der Waals surface area (Å²) >= 11 is 0.876. The SMILES string of the molecule is O=C(/C=C/c1ccccc1)NCCN1C(=O)S/C(=C\c2ccc3c(c2)OCO3)C1=O. The van der Waals surface area contributed by atoms with Crippen LogP contribution in [-0.4, -0.2) is 41.8 Å². The van der Waals surface area contributed by atoms with Crippen molar-refractivity contribution in [2.24, 2.45) is 0 Å². The Kier molecular flexibility index (Phi) is 5.85. The first-order valence-corrected chi connectivity index (χ1v) is 10.1. The van der Waals surface area contributed by atoms with Crippen LogP contribution < -0.4 is 14.8 Å². The van der Waals surface area contributed by atoms with Crippen LogP contribution >= 0.6 is 11.8 Å². The van der Waals surface area contributed by atoms with E-state index < -0.39 is 0 Å². The number of thioether (sulfide) groups is 1. The van der Waals surface area contributed by atoms with E-state index in [0.29, 0.717) is 16.4 Å². The second-order valence-electron chi connectivity index (χ2n) is 6.48. The molecule has 0 radical (unpaired) electrons. The van der Waals surface area contributed by atoms with Gasteiger partial charge in [0, 0.05) is 19.2 Å². The molecule has 2 heterocycles. The smallest absolute Gasteiger partial charge is 0.293 e. The lowest BCUT2D eigenvalue weighted by atomic mass is 10.2. The molecule has 0 unspecified atom stereocenters. The Bertz CT molecular complexity index is 1050. The molecule has 1 N–H and O–H groups in total. The van der Waals surface area contributed by atoms with Crippen LogP contribution in [0.15, 0.2) is 59.5 Å². The van der Waals surface area contributed by atoms with Gasteiger partial charge in [0.05, 0.1) is 4.91 Å². The highest BCUT2D eigenvalue weighted by Crippen LogP contribution is 2.36. The van der Waals surface area contributed by atoms with E-state index >= 15 is 0 Å². The van der Waals surface area contributed by atoms with E-state index in [2.05, 4.69) is 5.32 Å². The fourth-order valence-electron chi connectivity index (χ4n) is 2.93. The standard InChI is InChI=1S/C22H18N2O5S/c25-20(9-7-15-4-2-1-3-5-15)23-10-11-24-21(26)19(30-22(24)27)13-16-6-8-17-18(12-16)29-14-28-17/h1-9,12-13H,10-11,14H2,(H,23,25)/b9-7+,19-13-. The molecule has 0 aliphatic carbocycles. The Morgan fingerprint density at radius 3 is 2.70 bits per heavy atom. The first kappa shape index (κ1) is 19.8. The van der Waals surface area contributed by atoms with Crippen molar-refractivity contribution in [3.63, 3.8) is 0 Å². The monoisotopic (exact) mass is 422 g/mol. The Labute approximate surface area is 177 Å². The minimum atomic E-state index is -0.378. The number of benzene rings is 2. The van der Waals surface area contributed by atoms with E-state index in [1.54, 1.807) is 30.4 Å². The minimum absolute atomic E-state index is 0.105. The van der Waals surface area contributed by atoms with Crippen molar-refractivity contribution in [2.75, 3.05) is 19.9 Å². The molecule has 2 aromatic carbocycles. The molecule has 8 heteroatoms. The molecular formula is C22H18N2O5S. The van der Waals surface area contributed by atoms with Gasteiger partial charge in [-0.1, -0.05) is 36.4 Å². The molecule has 4 rings (SSSR count). The normalized spacial score (nSPS) is 16.7. The molecule has 2 aromatic rings. The van der Waals surface area contributed by atoms with Crippen LogP contribution in [0.25, 0.3) is 12.2 Å². The van der Waals surface area contributed by atoms with Gasteiger partial charge in [-0.15, -0.1) is 0 Å². The maximum Gasteiger partial charge on any atom is 0.293 e. The third kappa shape index (κ3) is 4.55. The van der Waals surface area contributed by atoms with E-state index in [4.69, 9.17) is 9.47 Å². The number of carbonyl (C=O) groups excluding carboxylic acids is 3. The number of hydrogen-bond acceptors (Lipinski definition) is 6. The number of hydrogen-bond donors (Lipinski definition) is 1. The van der Waals surface area contributed by atoms with E-state index in [-0.39, 0.29) is 36.9 Å². The van der Waals surface area contributed by atoms with Gasteiger partial charge in [0.15, 0.2) is 11.5 Å². The van der Waals surface area contributed by atoms with Crippen molar-refractivity contribution in [1.29, 1.82) is 0 Å². The number of carbonyl (C=O) groups is 3. The molecule has 0 saturated carbocycles. The van der Waals surface area contributed by atoms with Crippen LogP contribution in [0.1, 0.15) is 11.1 Å². The summed E-state index contributed by atoms with van der Waals surface area (Å²) in [4.78, 5) is 38.2. The Morgan fingerprint density at radius 1 is 1.07 bits per heavy atom. The first-order valence-electron chi connectivity index (χ1n) is 9.26. The van der Waals surface area contributed by atoms with Crippen LogP contribution in [-0.2, 0) is 9.59 Å². The minimum Gasteiger partial charge on any atom is -0.454 e. The van der Waals surface area contributed by atoms with Gasteiger partial charge >= 0.3 is 0 Å². The third-order valence-electron chi connectivity index (χ3n) is 4.43. The van der Waals surface area contributed by atoms with Gasteiger partial charge in [0.1, 0.15) is 0 Å². The fraction of sp³-hybridized carbons (Fsp3) is 0.136. The van der Waals surface area contributed by atoms with Crippen molar-refractivity contribution in [3.05, 3.63) is 70.6 Å². The number of ether oxygens (including phenoxy) is 2. The van der Waals surface area contributed by atoms with Gasteiger partial charge in [-0.05, 0) is 47.2 Å². The van der Waals surface area contributed by atoms with Crippen molar-refractivity contribution < 1.29 is 23.9 Å². The van der Waals surface area contributed by atoms with Gasteiger partial charge in [-0.25, -0.2) is 0 Å². The third-order valence-corrected chi connectivity index (χ3v) is 5.34. The molecule has 152 valence electrons. The lowest BCUT2D eigenvalue weighted by Gasteiger charge is -2.12. The Morgan fingerprint density at radius 2 is 1.87 bits per heavy atom. The highest BCUT2D eigenvalue weighted by molar-refractivity contribution is 8.18. The number of fused-ring (bicyclic) bond motifs is 1. The summed E-state index contributed by atoms with van der Waals surface area (Å²) in [6.07, 6.45) is 4.76. The average molecular weight is 422 g/mol. The van der Waals surface area contributed by atoms with Crippen molar-refractivity contribution in [3.8, 4) is 11.5 Å². The zero-order valence-electron chi connectivity index (χ0n) is 15.9.